The summed E-state index contributed by atoms with van der Waals surface area (Å²) in [6.07, 6.45) is 0. The molecule has 33 heavy (non-hydrogen) atoms. The van der Waals surface area contributed by atoms with Crippen LogP contribution in [0.25, 0.3) is 22.3 Å². The van der Waals surface area contributed by atoms with Gasteiger partial charge in [-0.05, 0) is 46.5 Å². The maximum Gasteiger partial charge on any atom is 0.351 e. The van der Waals surface area contributed by atoms with Crippen molar-refractivity contribution in [3.63, 3.8) is 0 Å². The number of hydrogen-bond donors (Lipinski definition) is 0. The zero-order chi connectivity index (χ0) is 22.9. The second-order valence-electron chi connectivity index (χ2n) is 7.20. The Hall–Kier alpha value is -4.38. The number of carbonyl (C=O) groups is 2. The van der Waals surface area contributed by atoms with E-state index in [0.29, 0.717) is 11.5 Å². The summed E-state index contributed by atoms with van der Waals surface area (Å²) in [6.45, 7) is -0.746. The van der Waals surface area contributed by atoms with E-state index in [0.717, 1.165) is 22.3 Å². The van der Waals surface area contributed by atoms with Crippen LogP contribution in [0.2, 0.25) is 0 Å². The Morgan fingerprint density at radius 1 is 0.455 bits per heavy atom. The van der Waals surface area contributed by atoms with Crippen molar-refractivity contribution >= 4 is 11.9 Å². The number of carbonyl (C=O) groups excluding carboxylic acids is 2. The summed E-state index contributed by atoms with van der Waals surface area (Å²) in [5.74, 6) is -0.548. The van der Waals surface area contributed by atoms with Gasteiger partial charge in [0.1, 0.15) is 11.5 Å². The molecule has 0 spiro atoms. The summed E-state index contributed by atoms with van der Waals surface area (Å²) in [7, 11) is 0. The molecule has 0 amide bonds. The molecule has 0 saturated heterocycles. The van der Waals surface area contributed by atoms with Gasteiger partial charge in [-0.2, -0.15) is 0 Å². The van der Waals surface area contributed by atoms with Crippen molar-refractivity contribution in [3.8, 4) is 33.8 Å². The molecular formula is C28H22O5. The van der Waals surface area contributed by atoms with Crippen molar-refractivity contribution < 1.29 is 23.8 Å². The van der Waals surface area contributed by atoms with Crippen LogP contribution in [0.3, 0.4) is 0 Å². The number of hydrogen-bond acceptors (Lipinski definition) is 5. The fourth-order valence-electron chi connectivity index (χ4n) is 3.22. The second kappa shape index (κ2) is 10.8. The van der Waals surface area contributed by atoms with Gasteiger partial charge in [0, 0.05) is 0 Å². The highest BCUT2D eigenvalue weighted by Crippen LogP contribution is 2.23. The minimum Gasteiger partial charge on any atom is -0.482 e. The molecule has 0 heterocycles. The van der Waals surface area contributed by atoms with Gasteiger partial charge in [0.25, 0.3) is 0 Å². The third-order valence-electron chi connectivity index (χ3n) is 4.86. The van der Waals surface area contributed by atoms with E-state index in [1.165, 1.54) is 0 Å². The molecule has 0 aliphatic rings. The first-order chi connectivity index (χ1) is 16.2. The van der Waals surface area contributed by atoms with Gasteiger partial charge < -0.3 is 14.2 Å². The average Bonchev–Trinajstić information content (AvgIpc) is 2.88. The Balaban J connectivity index is 1.20. The molecule has 0 aromatic heterocycles. The molecule has 4 aromatic carbocycles. The van der Waals surface area contributed by atoms with Crippen LogP contribution in [-0.4, -0.2) is 25.2 Å². The Morgan fingerprint density at radius 3 is 1.15 bits per heavy atom. The molecule has 0 fully saturated rings. The largest absolute Gasteiger partial charge is 0.482 e. The highest BCUT2D eigenvalue weighted by molar-refractivity contribution is 5.87. The van der Waals surface area contributed by atoms with Crippen LogP contribution in [0, 0.1) is 0 Å². The highest BCUT2D eigenvalue weighted by Gasteiger charge is 2.12. The molecule has 0 aliphatic carbocycles. The van der Waals surface area contributed by atoms with Gasteiger partial charge in [0.15, 0.2) is 13.2 Å². The van der Waals surface area contributed by atoms with E-state index < -0.39 is 11.9 Å². The van der Waals surface area contributed by atoms with Gasteiger partial charge in [-0.25, -0.2) is 9.59 Å². The molecule has 0 unspecified atom stereocenters. The van der Waals surface area contributed by atoms with Gasteiger partial charge in [0.05, 0.1) is 0 Å². The zero-order valence-corrected chi connectivity index (χ0v) is 17.8. The zero-order valence-electron chi connectivity index (χ0n) is 17.8. The van der Waals surface area contributed by atoms with Gasteiger partial charge in [-0.15, -0.1) is 0 Å². The Bertz CT molecular complexity index is 1090. The number of ether oxygens (including phenoxy) is 3. The maximum atomic E-state index is 11.9. The lowest BCUT2D eigenvalue weighted by Crippen LogP contribution is -2.23. The first-order valence-electron chi connectivity index (χ1n) is 10.5. The van der Waals surface area contributed by atoms with Crippen LogP contribution in [-0.2, 0) is 14.3 Å². The lowest BCUT2D eigenvalue weighted by molar-refractivity contribution is -0.162. The summed E-state index contributed by atoms with van der Waals surface area (Å²) >= 11 is 0. The second-order valence-corrected chi connectivity index (χ2v) is 7.20. The minimum atomic E-state index is -0.782. The average molecular weight is 438 g/mol. The van der Waals surface area contributed by atoms with Gasteiger partial charge in [-0.1, -0.05) is 84.9 Å². The smallest absolute Gasteiger partial charge is 0.351 e. The lowest BCUT2D eigenvalue weighted by Gasteiger charge is -2.09. The van der Waals surface area contributed by atoms with Crippen LogP contribution in [0.4, 0.5) is 0 Å². The van der Waals surface area contributed by atoms with Crippen LogP contribution < -0.4 is 9.47 Å². The number of esters is 2. The summed E-state index contributed by atoms with van der Waals surface area (Å²) in [4.78, 5) is 23.8. The van der Waals surface area contributed by atoms with Crippen molar-refractivity contribution in [2.75, 3.05) is 13.2 Å². The molecule has 0 radical (unpaired) electrons. The molecule has 0 bridgehead atoms. The van der Waals surface area contributed by atoms with E-state index in [2.05, 4.69) is 0 Å². The van der Waals surface area contributed by atoms with Crippen molar-refractivity contribution in [2.45, 2.75) is 0 Å². The maximum absolute atomic E-state index is 11.9. The van der Waals surface area contributed by atoms with Crippen LogP contribution in [0.15, 0.2) is 109 Å². The van der Waals surface area contributed by atoms with E-state index in [1.54, 1.807) is 24.3 Å². The number of benzene rings is 4. The fourth-order valence-corrected chi connectivity index (χ4v) is 3.22. The lowest BCUT2D eigenvalue weighted by atomic mass is 10.1. The molecule has 5 nitrogen and oxygen atoms in total. The van der Waals surface area contributed by atoms with Gasteiger partial charge in [0.2, 0.25) is 0 Å². The van der Waals surface area contributed by atoms with E-state index >= 15 is 0 Å². The first kappa shape index (κ1) is 21.8. The summed E-state index contributed by atoms with van der Waals surface area (Å²) < 4.78 is 15.6. The minimum absolute atomic E-state index is 0.373. The topological polar surface area (TPSA) is 61.8 Å². The molecule has 5 heteroatoms. The predicted octanol–water partition coefficient (Wildman–Crippen LogP) is 5.55. The Morgan fingerprint density at radius 2 is 0.788 bits per heavy atom. The predicted molar refractivity (Wildman–Crippen MR) is 126 cm³/mol. The van der Waals surface area contributed by atoms with E-state index in [1.807, 2.05) is 84.9 Å². The van der Waals surface area contributed by atoms with Crippen molar-refractivity contribution in [2.24, 2.45) is 0 Å². The normalized spacial score (nSPS) is 10.3. The van der Waals surface area contributed by atoms with E-state index in [-0.39, 0.29) is 13.2 Å². The molecule has 0 saturated carbocycles. The van der Waals surface area contributed by atoms with Crippen LogP contribution >= 0.6 is 0 Å². The summed E-state index contributed by atoms with van der Waals surface area (Å²) in [5, 5.41) is 0. The monoisotopic (exact) mass is 438 g/mol. The highest BCUT2D eigenvalue weighted by atomic mass is 16.6. The molecule has 4 rings (SSSR count). The molecule has 0 aliphatic heterocycles. The van der Waals surface area contributed by atoms with Gasteiger partial charge >= 0.3 is 11.9 Å². The number of rotatable bonds is 8. The third-order valence-corrected chi connectivity index (χ3v) is 4.86. The van der Waals surface area contributed by atoms with Crippen molar-refractivity contribution in [3.05, 3.63) is 109 Å². The first-order valence-corrected chi connectivity index (χ1v) is 10.5. The summed E-state index contributed by atoms with van der Waals surface area (Å²) in [6, 6.07) is 34.5. The SMILES string of the molecule is O=C(COc1ccc(-c2ccccc2)cc1)OC(=O)COc1ccc(-c2ccccc2)cc1. The quantitative estimate of drug-likeness (QED) is 0.267. The molecule has 4 aromatic rings. The van der Waals surface area contributed by atoms with E-state index in [9.17, 15) is 9.59 Å². The molecular weight excluding hydrogens is 416 g/mol. The molecule has 164 valence electrons. The standard InChI is InChI=1S/C28H22O5/c29-27(19-31-25-15-11-23(12-16-25)21-7-3-1-4-8-21)33-28(30)20-32-26-17-13-24(14-18-26)22-9-5-2-6-10-22/h1-18H,19-20H2. The van der Waals surface area contributed by atoms with Crippen molar-refractivity contribution in [1.82, 2.24) is 0 Å². The van der Waals surface area contributed by atoms with Crippen LogP contribution in [0.5, 0.6) is 11.5 Å². The molecule has 0 N–H and O–H groups in total. The van der Waals surface area contributed by atoms with E-state index in [4.69, 9.17) is 14.2 Å². The van der Waals surface area contributed by atoms with Crippen LogP contribution in [0.1, 0.15) is 0 Å². The Labute approximate surface area is 192 Å². The summed E-state index contributed by atoms with van der Waals surface area (Å²) in [5.41, 5.74) is 4.25. The molecule has 0 atom stereocenters. The third kappa shape index (κ3) is 6.31. The fraction of sp³-hybridized carbons (Fsp3) is 0.0714. The van der Waals surface area contributed by atoms with Gasteiger partial charge in [-0.3, -0.25) is 0 Å². The van der Waals surface area contributed by atoms with Crippen molar-refractivity contribution in [1.29, 1.82) is 0 Å². The Kier molecular flexibility index (Phi) is 7.13.